The van der Waals surface area contributed by atoms with Gasteiger partial charge in [-0.1, -0.05) is 30.3 Å². The largest absolute Gasteiger partial charge is 0.476 e. The molecule has 0 radical (unpaired) electrons. The lowest BCUT2D eigenvalue weighted by molar-refractivity contribution is -0.149. The van der Waals surface area contributed by atoms with Gasteiger partial charge >= 0.3 is 5.97 Å². The Morgan fingerprint density at radius 1 is 1.16 bits per heavy atom. The average molecular weight is 347 g/mol. The molecule has 7 heteroatoms. The summed E-state index contributed by atoms with van der Waals surface area (Å²) in [6, 6.07) is 8.40. The predicted molar refractivity (Wildman–Crippen MR) is 87.9 cm³/mol. The molecule has 1 saturated heterocycles. The number of carbonyl (C=O) groups is 4. The van der Waals surface area contributed by atoms with Crippen LogP contribution < -0.4 is 5.32 Å². The van der Waals surface area contributed by atoms with Gasteiger partial charge in [-0.2, -0.15) is 0 Å². The van der Waals surface area contributed by atoms with E-state index in [-0.39, 0.29) is 30.4 Å². The lowest BCUT2D eigenvalue weighted by atomic mass is 9.97. The van der Waals surface area contributed by atoms with Gasteiger partial charge in [0.25, 0.3) is 0 Å². The van der Waals surface area contributed by atoms with Crippen LogP contribution in [0.25, 0.3) is 0 Å². The SMILES string of the molecule is O=C(O)C(=O)CCC(=O)[C@H](Cc1ccccc1)NC(=O)C1CCOC1. The number of carboxylic acid groups (broad SMARTS) is 1. The third-order valence-corrected chi connectivity index (χ3v) is 4.13. The molecule has 1 amide bonds. The van der Waals surface area contributed by atoms with Gasteiger partial charge in [0.15, 0.2) is 5.78 Å². The zero-order chi connectivity index (χ0) is 18.2. The van der Waals surface area contributed by atoms with Crippen molar-refractivity contribution in [3.05, 3.63) is 35.9 Å². The quantitative estimate of drug-likeness (QED) is 0.638. The van der Waals surface area contributed by atoms with E-state index in [1.807, 2.05) is 30.3 Å². The molecule has 7 nitrogen and oxygen atoms in total. The fourth-order valence-electron chi connectivity index (χ4n) is 2.64. The molecular formula is C18H21NO6. The highest BCUT2D eigenvalue weighted by molar-refractivity contribution is 6.33. The normalized spacial score (nSPS) is 17.7. The van der Waals surface area contributed by atoms with Crippen molar-refractivity contribution in [1.29, 1.82) is 0 Å². The van der Waals surface area contributed by atoms with E-state index in [1.54, 1.807) is 0 Å². The number of carbonyl (C=O) groups excluding carboxylic acids is 3. The average Bonchev–Trinajstić information content (AvgIpc) is 3.14. The molecule has 25 heavy (non-hydrogen) atoms. The summed E-state index contributed by atoms with van der Waals surface area (Å²) in [6.07, 6.45) is 0.307. The number of amides is 1. The van der Waals surface area contributed by atoms with Crippen LogP contribution in [-0.2, 0) is 30.3 Å². The highest BCUT2D eigenvalue weighted by Crippen LogP contribution is 2.14. The second-order valence-electron chi connectivity index (χ2n) is 6.01. The summed E-state index contributed by atoms with van der Waals surface area (Å²) in [5.74, 6) is -3.46. The molecule has 2 N–H and O–H groups in total. The number of ketones is 2. The van der Waals surface area contributed by atoms with Crippen LogP contribution in [0.2, 0.25) is 0 Å². The molecular weight excluding hydrogens is 326 g/mol. The Morgan fingerprint density at radius 2 is 1.88 bits per heavy atom. The van der Waals surface area contributed by atoms with Crippen molar-refractivity contribution in [2.24, 2.45) is 5.92 Å². The van der Waals surface area contributed by atoms with Gasteiger partial charge in [-0.05, 0) is 18.4 Å². The summed E-state index contributed by atoms with van der Waals surface area (Å²) in [4.78, 5) is 46.5. The van der Waals surface area contributed by atoms with Crippen LogP contribution in [0.3, 0.4) is 0 Å². The first-order chi connectivity index (χ1) is 12.0. The smallest absolute Gasteiger partial charge is 0.372 e. The van der Waals surface area contributed by atoms with Gasteiger partial charge in [0.05, 0.1) is 18.6 Å². The van der Waals surface area contributed by atoms with Crippen LogP contribution in [0.15, 0.2) is 30.3 Å². The number of ether oxygens (including phenoxy) is 1. The topological polar surface area (TPSA) is 110 Å². The standard InChI is InChI=1S/C18H21NO6/c20-15(6-7-16(21)18(23)24)14(10-12-4-2-1-3-5-12)19-17(22)13-8-9-25-11-13/h1-5,13-14H,6-11H2,(H,19,22)(H,23,24)/t13?,14-/m0/s1. The van der Waals surface area contributed by atoms with Crippen molar-refractivity contribution in [3.8, 4) is 0 Å². The first-order valence-electron chi connectivity index (χ1n) is 8.18. The second kappa shape index (κ2) is 9.08. The van der Waals surface area contributed by atoms with Crippen LogP contribution in [0, 0.1) is 5.92 Å². The van der Waals surface area contributed by atoms with Gasteiger partial charge in [-0.15, -0.1) is 0 Å². The van der Waals surface area contributed by atoms with E-state index in [1.165, 1.54) is 0 Å². The minimum atomic E-state index is -1.56. The minimum Gasteiger partial charge on any atom is -0.476 e. The van der Waals surface area contributed by atoms with Gasteiger partial charge in [-0.25, -0.2) is 4.79 Å². The second-order valence-corrected chi connectivity index (χ2v) is 6.01. The molecule has 0 saturated carbocycles. The minimum absolute atomic E-state index is 0.218. The van der Waals surface area contributed by atoms with Crippen LogP contribution >= 0.6 is 0 Å². The van der Waals surface area contributed by atoms with Crippen molar-refractivity contribution in [2.75, 3.05) is 13.2 Å². The molecule has 1 fully saturated rings. The molecule has 2 rings (SSSR count). The number of benzene rings is 1. The first-order valence-corrected chi connectivity index (χ1v) is 8.18. The third kappa shape index (κ3) is 5.79. The summed E-state index contributed by atoms with van der Waals surface area (Å²) in [5.41, 5.74) is 0.869. The van der Waals surface area contributed by atoms with Crippen LogP contribution in [0.5, 0.6) is 0 Å². The molecule has 2 atom stereocenters. The zero-order valence-corrected chi connectivity index (χ0v) is 13.8. The Labute approximate surface area is 145 Å². The van der Waals surface area contributed by atoms with Crippen molar-refractivity contribution < 1.29 is 29.0 Å². The Bertz CT molecular complexity index is 636. The van der Waals surface area contributed by atoms with Crippen LogP contribution in [-0.4, -0.2) is 47.8 Å². The number of hydrogen-bond donors (Lipinski definition) is 2. The maximum absolute atomic E-state index is 12.4. The first kappa shape index (κ1) is 18.8. The summed E-state index contributed by atoms with van der Waals surface area (Å²) in [6.45, 7) is 0.845. The predicted octanol–water partition coefficient (Wildman–Crippen LogP) is 0.753. The molecule has 0 aromatic heterocycles. The van der Waals surface area contributed by atoms with E-state index >= 15 is 0 Å². The summed E-state index contributed by atoms with van der Waals surface area (Å²) < 4.78 is 5.19. The maximum atomic E-state index is 12.4. The number of hydrogen-bond acceptors (Lipinski definition) is 5. The van der Waals surface area contributed by atoms with Gasteiger partial charge in [0.1, 0.15) is 0 Å². The van der Waals surface area contributed by atoms with E-state index < -0.39 is 17.8 Å². The van der Waals surface area contributed by atoms with Crippen LogP contribution in [0.4, 0.5) is 0 Å². The van der Waals surface area contributed by atoms with E-state index in [0.717, 1.165) is 5.56 Å². The Kier molecular flexibility index (Phi) is 6.82. The molecule has 1 heterocycles. The number of nitrogens with one attached hydrogen (secondary N) is 1. The molecule has 1 aromatic carbocycles. The molecule has 1 aliphatic heterocycles. The molecule has 1 unspecified atom stereocenters. The number of Topliss-reactive ketones (excluding diaryl/α,β-unsaturated/α-hetero) is 2. The Hall–Kier alpha value is -2.54. The molecule has 134 valence electrons. The fraction of sp³-hybridized carbons (Fsp3) is 0.444. The van der Waals surface area contributed by atoms with Gasteiger partial charge in [0, 0.05) is 19.4 Å². The summed E-state index contributed by atoms with van der Waals surface area (Å²) >= 11 is 0. The molecule has 1 aromatic rings. The number of carboxylic acids is 1. The fourth-order valence-corrected chi connectivity index (χ4v) is 2.64. The molecule has 0 bridgehead atoms. The van der Waals surface area contributed by atoms with E-state index in [2.05, 4.69) is 5.32 Å². The molecule has 1 aliphatic rings. The molecule has 0 aliphatic carbocycles. The van der Waals surface area contributed by atoms with Gasteiger partial charge < -0.3 is 15.2 Å². The van der Waals surface area contributed by atoms with E-state index in [4.69, 9.17) is 9.84 Å². The summed E-state index contributed by atoms with van der Waals surface area (Å²) in [5, 5.41) is 11.3. The van der Waals surface area contributed by atoms with Crippen molar-refractivity contribution >= 4 is 23.4 Å². The highest BCUT2D eigenvalue weighted by Gasteiger charge is 2.28. The molecule has 0 spiro atoms. The third-order valence-electron chi connectivity index (χ3n) is 4.13. The van der Waals surface area contributed by atoms with Crippen molar-refractivity contribution in [2.45, 2.75) is 31.7 Å². The Balaban J connectivity index is 2.02. The van der Waals surface area contributed by atoms with Crippen molar-refractivity contribution in [1.82, 2.24) is 5.32 Å². The lowest BCUT2D eigenvalue weighted by Gasteiger charge is -2.19. The number of rotatable bonds is 9. The summed E-state index contributed by atoms with van der Waals surface area (Å²) in [7, 11) is 0. The van der Waals surface area contributed by atoms with Gasteiger partial charge in [-0.3, -0.25) is 14.4 Å². The highest BCUT2D eigenvalue weighted by atomic mass is 16.5. The lowest BCUT2D eigenvalue weighted by Crippen LogP contribution is -2.45. The van der Waals surface area contributed by atoms with E-state index in [0.29, 0.717) is 26.1 Å². The van der Waals surface area contributed by atoms with E-state index in [9.17, 15) is 19.2 Å². The maximum Gasteiger partial charge on any atom is 0.372 e. The van der Waals surface area contributed by atoms with Gasteiger partial charge in [0.2, 0.25) is 11.7 Å². The zero-order valence-electron chi connectivity index (χ0n) is 13.8. The van der Waals surface area contributed by atoms with Crippen LogP contribution in [0.1, 0.15) is 24.8 Å². The van der Waals surface area contributed by atoms with Crippen molar-refractivity contribution in [3.63, 3.8) is 0 Å². The monoisotopic (exact) mass is 347 g/mol. The Morgan fingerprint density at radius 3 is 2.48 bits per heavy atom. The number of aliphatic carboxylic acids is 1.